The van der Waals surface area contributed by atoms with Gasteiger partial charge in [0, 0.05) is 6.92 Å². The Bertz CT molecular complexity index is 624. The summed E-state index contributed by atoms with van der Waals surface area (Å²) < 4.78 is 21.6. The smallest absolute Gasteiger partial charge is 0.322 e. The summed E-state index contributed by atoms with van der Waals surface area (Å²) >= 11 is 0. The van der Waals surface area contributed by atoms with Gasteiger partial charge in [-0.05, 0) is 6.92 Å². The molecule has 2 aliphatic heterocycles. The van der Waals surface area contributed by atoms with Crippen LogP contribution in [0.15, 0.2) is 0 Å². The zero-order valence-electron chi connectivity index (χ0n) is 17.0. The molecule has 2 rings (SSSR count). The number of carboxylic acids is 1. The van der Waals surface area contributed by atoms with E-state index in [4.69, 9.17) is 29.8 Å². The van der Waals surface area contributed by atoms with Crippen LogP contribution >= 0.6 is 0 Å². The van der Waals surface area contributed by atoms with Crippen LogP contribution in [0.2, 0.25) is 0 Å². The van der Waals surface area contributed by atoms with E-state index in [-0.39, 0.29) is 0 Å². The molecule has 31 heavy (non-hydrogen) atoms. The van der Waals surface area contributed by atoms with Gasteiger partial charge in [0.05, 0.1) is 19.3 Å². The molecule has 2 aliphatic rings. The maximum absolute atomic E-state index is 11.5. The van der Waals surface area contributed by atoms with E-state index in [2.05, 4.69) is 5.32 Å². The first-order chi connectivity index (χ1) is 14.5. The van der Waals surface area contributed by atoms with Gasteiger partial charge in [-0.2, -0.15) is 0 Å². The minimum Gasteiger partial charge on any atom is -0.480 e. The highest BCUT2D eigenvalue weighted by Crippen LogP contribution is 2.29. The zero-order valence-corrected chi connectivity index (χ0v) is 17.0. The zero-order chi connectivity index (χ0) is 23.5. The number of carbonyl (C=O) groups excluding carboxylic acids is 1. The van der Waals surface area contributed by atoms with Crippen LogP contribution in [-0.4, -0.2) is 123 Å². The molecule has 14 heteroatoms. The van der Waals surface area contributed by atoms with Crippen molar-refractivity contribution in [3.63, 3.8) is 0 Å². The summed E-state index contributed by atoms with van der Waals surface area (Å²) in [6, 6.07) is -2.68. The van der Waals surface area contributed by atoms with E-state index in [0.29, 0.717) is 0 Å². The fraction of sp³-hybridized carbons (Fsp3) is 0.882. The van der Waals surface area contributed by atoms with Gasteiger partial charge in [0.2, 0.25) is 5.91 Å². The lowest BCUT2D eigenvalue weighted by Crippen LogP contribution is -2.67. The highest BCUT2D eigenvalue weighted by Gasteiger charge is 2.50. The van der Waals surface area contributed by atoms with Gasteiger partial charge in [-0.15, -0.1) is 0 Å². The number of hydrogen-bond acceptors (Lipinski definition) is 12. The van der Waals surface area contributed by atoms with Crippen LogP contribution in [0.25, 0.3) is 0 Å². The molecule has 0 bridgehead atoms. The Hall–Kier alpha value is -1.46. The average molecular weight is 454 g/mol. The van der Waals surface area contributed by atoms with Crippen LogP contribution in [0, 0.1) is 0 Å². The summed E-state index contributed by atoms with van der Waals surface area (Å²) in [5.74, 6) is -1.91. The topological polar surface area (TPSA) is 230 Å². The SMILES string of the molecule is CC(=O)N[C@H]1[C@H](O[C@H]2[C@H](O)[C@H](OC[C@H](N)C(=O)O)O[C@@H](C)[C@H]2O)O[C@H](CO)[C@@H](O)[C@@H]1O. The maximum Gasteiger partial charge on any atom is 0.322 e. The van der Waals surface area contributed by atoms with Crippen molar-refractivity contribution in [3.8, 4) is 0 Å². The molecule has 2 fully saturated rings. The Balaban J connectivity index is 2.18. The average Bonchev–Trinajstić information content (AvgIpc) is 2.71. The third-order valence-corrected chi connectivity index (χ3v) is 5.08. The number of rotatable bonds is 8. The number of aliphatic hydroxyl groups excluding tert-OH is 5. The van der Waals surface area contributed by atoms with Crippen LogP contribution in [0.5, 0.6) is 0 Å². The second-order valence-electron chi connectivity index (χ2n) is 7.50. The summed E-state index contributed by atoms with van der Waals surface area (Å²) in [5.41, 5.74) is 5.37. The molecule has 11 atom stereocenters. The Labute approximate surface area is 177 Å². The standard InChI is InChI=1S/C17H30N2O12/c1-5-10(22)14(13(25)17(29-5)28-4-7(18)15(26)27)31-16-9(19-6(2)21)12(24)11(23)8(3-20)30-16/h5,7-14,16-17,20,22-25H,3-4,18H2,1-2H3,(H,19,21)(H,26,27)/t5-,7-,8+,9+,10+,11+,12+,13-,14+,16-,17+/m0/s1. The van der Waals surface area contributed by atoms with Gasteiger partial charge >= 0.3 is 5.97 Å². The van der Waals surface area contributed by atoms with Crippen molar-refractivity contribution >= 4 is 11.9 Å². The largest absolute Gasteiger partial charge is 0.480 e. The van der Waals surface area contributed by atoms with Gasteiger partial charge < -0.3 is 60.6 Å². The van der Waals surface area contributed by atoms with E-state index >= 15 is 0 Å². The van der Waals surface area contributed by atoms with Crippen molar-refractivity contribution in [2.45, 2.75) is 81.2 Å². The van der Waals surface area contributed by atoms with Gasteiger partial charge in [-0.25, -0.2) is 0 Å². The van der Waals surface area contributed by atoms with Crippen molar-refractivity contribution in [1.29, 1.82) is 0 Å². The number of hydrogen-bond donors (Lipinski definition) is 8. The number of carboxylic acid groups (broad SMARTS) is 1. The van der Waals surface area contributed by atoms with E-state index < -0.39 is 92.5 Å². The van der Waals surface area contributed by atoms with Gasteiger partial charge in [0.25, 0.3) is 0 Å². The van der Waals surface area contributed by atoms with Crippen molar-refractivity contribution in [2.24, 2.45) is 5.73 Å². The molecule has 14 nitrogen and oxygen atoms in total. The number of amides is 1. The molecule has 180 valence electrons. The first-order valence-electron chi connectivity index (χ1n) is 9.64. The molecule has 1 amide bonds. The van der Waals surface area contributed by atoms with E-state index in [1.165, 1.54) is 6.92 Å². The second kappa shape index (κ2) is 10.9. The predicted molar refractivity (Wildman–Crippen MR) is 98.1 cm³/mol. The summed E-state index contributed by atoms with van der Waals surface area (Å²) in [5, 5.41) is 62.0. The van der Waals surface area contributed by atoms with Crippen LogP contribution in [-0.2, 0) is 28.5 Å². The molecule has 0 radical (unpaired) electrons. The summed E-state index contributed by atoms with van der Waals surface area (Å²) in [6.45, 7) is 1.42. The molecular formula is C17H30N2O12. The number of nitrogens with two attached hydrogens (primary N) is 1. The number of aliphatic carboxylic acids is 1. The molecule has 0 aromatic rings. The van der Waals surface area contributed by atoms with Gasteiger partial charge in [0.15, 0.2) is 12.6 Å². The van der Waals surface area contributed by atoms with Crippen LogP contribution < -0.4 is 11.1 Å². The molecule has 0 spiro atoms. The van der Waals surface area contributed by atoms with E-state index in [9.17, 15) is 35.1 Å². The fourth-order valence-electron chi connectivity index (χ4n) is 3.31. The lowest BCUT2D eigenvalue weighted by molar-refractivity contribution is -0.344. The Morgan fingerprint density at radius 3 is 2.26 bits per heavy atom. The van der Waals surface area contributed by atoms with Gasteiger partial charge in [-0.1, -0.05) is 0 Å². The molecule has 2 saturated heterocycles. The van der Waals surface area contributed by atoms with Crippen LogP contribution in [0.4, 0.5) is 0 Å². The second-order valence-corrected chi connectivity index (χ2v) is 7.50. The Kier molecular flexibility index (Phi) is 9.08. The molecule has 0 aromatic carbocycles. The normalized spacial score (nSPS) is 42.1. The van der Waals surface area contributed by atoms with E-state index in [0.717, 1.165) is 6.92 Å². The molecule has 0 aliphatic carbocycles. The minimum absolute atomic E-state index is 0.501. The lowest BCUT2D eigenvalue weighted by atomic mass is 9.95. The molecule has 9 N–H and O–H groups in total. The first-order valence-corrected chi connectivity index (χ1v) is 9.64. The number of ether oxygens (including phenoxy) is 4. The van der Waals surface area contributed by atoms with Crippen molar-refractivity contribution in [2.75, 3.05) is 13.2 Å². The molecule has 2 heterocycles. The highest BCUT2D eigenvalue weighted by molar-refractivity contribution is 5.73. The lowest BCUT2D eigenvalue weighted by Gasteiger charge is -2.46. The quantitative estimate of drug-likeness (QED) is 0.172. The Morgan fingerprint density at radius 1 is 1.06 bits per heavy atom. The number of carbonyl (C=O) groups is 2. The summed E-state index contributed by atoms with van der Waals surface area (Å²) in [6.07, 6.45) is -12.7. The monoisotopic (exact) mass is 454 g/mol. The molecule has 0 saturated carbocycles. The third kappa shape index (κ3) is 6.07. The number of nitrogens with one attached hydrogen (secondary N) is 1. The first kappa shape index (κ1) is 25.8. The maximum atomic E-state index is 11.5. The van der Waals surface area contributed by atoms with E-state index in [1.54, 1.807) is 0 Å². The molecule has 0 aromatic heterocycles. The number of aliphatic hydroxyl groups is 5. The fourth-order valence-corrected chi connectivity index (χ4v) is 3.31. The van der Waals surface area contributed by atoms with Crippen molar-refractivity contribution in [1.82, 2.24) is 5.32 Å². The Morgan fingerprint density at radius 2 is 1.71 bits per heavy atom. The minimum atomic E-state index is -1.65. The third-order valence-electron chi connectivity index (χ3n) is 5.08. The van der Waals surface area contributed by atoms with Crippen molar-refractivity contribution < 1.29 is 59.2 Å². The predicted octanol–water partition coefficient (Wildman–Crippen LogP) is -4.79. The molecular weight excluding hydrogens is 424 g/mol. The van der Waals surface area contributed by atoms with Crippen LogP contribution in [0.1, 0.15) is 13.8 Å². The molecule has 0 unspecified atom stereocenters. The summed E-state index contributed by atoms with van der Waals surface area (Å²) in [7, 11) is 0. The van der Waals surface area contributed by atoms with Gasteiger partial charge in [-0.3, -0.25) is 9.59 Å². The highest BCUT2D eigenvalue weighted by atomic mass is 16.7. The van der Waals surface area contributed by atoms with E-state index in [1.807, 2.05) is 0 Å². The van der Waals surface area contributed by atoms with Crippen molar-refractivity contribution in [3.05, 3.63) is 0 Å². The van der Waals surface area contributed by atoms with Crippen LogP contribution in [0.3, 0.4) is 0 Å². The summed E-state index contributed by atoms with van der Waals surface area (Å²) in [4.78, 5) is 22.4. The van der Waals surface area contributed by atoms with Gasteiger partial charge in [0.1, 0.15) is 48.7 Å².